The van der Waals surface area contributed by atoms with E-state index in [1.165, 1.54) is 0 Å². The van der Waals surface area contributed by atoms with Gasteiger partial charge in [-0.2, -0.15) is 0 Å². The van der Waals surface area contributed by atoms with E-state index < -0.39 is 0 Å². The van der Waals surface area contributed by atoms with E-state index in [9.17, 15) is 4.79 Å². The van der Waals surface area contributed by atoms with Gasteiger partial charge in [0.05, 0.1) is 6.54 Å². The fraction of sp³-hybridized carbons (Fsp3) is 0.533. The molecular weight excluding hydrogens is 304 g/mol. The molecule has 0 saturated carbocycles. The summed E-state index contributed by atoms with van der Waals surface area (Å²) in [4.78, 5) is 14.6. The molecule has 1 fully saturated rings. The summed E-state index contributed by atoms with van der Waals surface area (Å²) in [6.07, 6.45) is 2.28. The minimum Gasteiger partial charge on any atom is -0.317 e. The predicted octanol–water partition coefficient (Wildman–Crippen LogP) is 2.71. The summed E-state index contributed by atoms with van der Waals surface area (Å²) < 4.78 is 1.01. The first kappa shape index (κ1) is 14.7. The fourth-order valence-electron chi connectivity index (χ4n) is 2.58. The summed E-state index contributed by atoms with van der Waals surface area (Å²) in [5.74, 6) is 0.216. The molecule has 1 N–H and O–H groups in total. The number of hydrogen-bond donors (Lipinski definition) is 1. The largest absolute Gasteiger partial charge is 0.317 e. The monoisotopic (exact) mass is 324 g/mol. The van der Waals surface area contributed by atoms with Crippen molar-refractivity contribution >= 4 is 21.7 Å². The van der Waals surface area contributed by atoms with Gasteiger partial charge in [-0.05, 0) is 44.6 Å². The third-order valence-electron chi connectivity index (χ3n) is 3.74. The van der Waals surface area contributed by atoms with E-state index in [2.05, 4.69) is 33.1 Å². The Morgan fingerprint density at radius 1 is 1.32 bits per heavy atom. The van der Waals surface area contributed by atoms with E-state index in [1.807, 2.05) is 24.3 Å². The smallest absolute Gasteiger partial charge is 0.176 e. The number of likely N-dealkylation sites (N-methyl/N-ethyl adjacent to an activating group) is 1. The number of halogens is 1. The lowest BCUT2D eigenvalue weighted by molar-refractivity contribution is 0.0874. The van der Waals surface area contributed by atoms with Crippen molar-refractivity contribution in [2.24, 2.45) is 0 Å². The van der Waals surface area contributed by atoms with Gasteiger partial charge >= 0.3 is 0 Å². The van der Waals surface area contributed by atoms with Crippen molar-refractivity contribution in [3.63, 3.8) is 0 Å². The maximum Gasteiger partial charge on any atom is 0.176 e. The third kappa shape index (κ3) is 4.13. The summed E-state index contributed by atoms with van der Waals surface area (Å²) in [5.41, 5.74) is 0.801. The van der Waals surface area contributed by atoms with Crippen molar-refractivity contribution in [3.05, 3.63) is 34.3 Å². The molecule has 0 unspecified atom stereocenters. The molecule has 1 heterocycles. The molecule has 3 nitrogen and oxygen atoms in total. The number of Topliss-reactive ketones (excluding diaryl/α,β-unsaturated/α-hetero) is 1. The first-order valence-electron chi connectivity index (χ1n) is 6.94. The van der Waals surface area contributed by atoms with E-state index in [0.29, 0.717) is 12.6 Å². The maximum atomic E-state index is 12.3. The fourth-order valence-corrected chi connectivity index (χ4v) is 2.85. The molecule has 0 atom stereocenters. The van der Waals surface area contributed by atoms with Crippen molar-refractivity contribution in [2.75, 3.05) is 26.2 Å². The van der Waals surface area contributed by atoms with E-state index >= 15 is 0 Å². The second-order valence-corrected chi connectivity index (χ2v) is 5.89. The normalized spacial score (nSPS) is 16.8. The molecule has 19 heavy (non-hydrogen) atoms. The first-order valence-corrected chi connectivity index (χ1v) is 7.73. The van der Waals surface area contributed by atoms with Crippen LogP contribution in [0.15, 0.2) is 28.7 Å². The van der Waals surface area contributed by atoms with Gasteiger partial charge in [-0.1, -0.05) is 35.0 Å². The predicted molar refractivity (Wildman–Crippen MR) is 81.6 cm³/mol. The molecule has 1 aromatic carbocycles. The van der Waals surface area contributed by atoms with Gasteiger partial charge in [0.1, 0.15) is 0 Å². The summed E-state index contributed by atoms with van der Waals surface area (Å²) in [6, 6.07) is 8.18. The van der Waals surface area contributed by atoms with E-state index in [4.69, 9.17) is 0 Å². The van der Waals surface area contributed by atoms with Crippen LogP contribution in [0.25, 0.3) is 0 Å². The molecule has 1 saturated heterocycles. The van der Waals surface area contributed by atoms with Gasteiger partial charge < -0.3 is 5.32 Å². The molecule has 0 aromatic heterocycles. The van der Waals surface area contributed by atoms with E-state index in [0.717, 1.165) is 42.5 Å². The van der Waals surface area contributed by atoms with E-state index in [1.54, 1.807) is 0 Å². The Balaban J connectivity index is 1.97. The van der Waals surface area contributed by atoms with Crippen LogP contribution in [-0.2, 0) is 0 Å². The molecule has 0 spiro atoms. The van der Waals surface area contributed by atoms with Crippen LogP contribution in [0.3, 0.4) is 0 Å². The first-order chi connectivity index (χ1) is 9.20. The molecule has 2 rings (SSSR count). The number of piperidine rings is 1. The molecule has 1 aromatic rings. The minimum absolute atomic E-state index is 0.216. The lowest BCUT2D eigenvalue weighted by atomic mass is 10.0. The van der Waals surface area contributed by atoms with Crippen molar-refractivity contribution in [3.8, 4) is 0 Å². The molecule has 1 aliphatic heterocycles. The molecule has 4 heteroatoms. The summed E-state index contributed by atoms with van der Waals surface area (Å²) in [7, 11) is 0. The van der Waals surface area contributed by atoms with Crippen LogP contribution in [0.4, 0.5) is 0 Å². The summed E-state index contributed by atoms with van der Waals surface area (Å²) in [5, 5.41) is 3.37. The van der Waals surface area contributed by atoms with Gasteiger partial charge in [0.2, 0.25) is 0 Å². The molecule has 0 aliphatic carbocycles. The van der Waals surface area contributed by atoms with Gasteiger partial charge in [-0.15, -0.1) is 0 Å². The van der Waals surface area contributed by atoms with Crippen LogP contribution >= 0.6 is 15.9 Å². The lowest BCUT2D eigenvalue weighted by Crippen LogP contribution is -2.45. The Kier molecular flexibility index (Phi) is 5.55. The van der Waals surface area contributed by atoms with Gasteiger partial charge in [-0.25, -0.2) is 0 Å². The maximum absolute atomic E-state index is 12.3. The summed E-state index contributed by atoms with van der Waals surface area (Å²) in [6.45, 7) is 5.73. The molecule has 1 aliphatic rings. The van der Waals surface area contributed by atoms with Crippen LogP contribution in [0.1, 0.15) is 30.1 Å². The highest BCUT2D eigenvalue weighted by Crippen LogP contribution is 2.14. The van der Waals surface area contributed by atoms with Crippen LogP contribution in [0.5, 0.6) is 0 Å². The lowest BCUT2D eigenvalue weighted by Gasteiger charge is -2.33. The van der Waals surface area contributed by atoms with Crippen molar-refractivity contribution in [2.45, 2.75) is 25.8 Å². The number of carbonyl (C=O) groups is 1. The van der Waals surface area contributed by atoms with Crippen LogP contribution in [0.2, 0.25) is 0 Å². The Morgan fingerprint density at radius 3 is 2.53 bits per heavy atom. The zero-order valence-corrected chi connectivity index (χ0v) is 12.9. The molecule has 0 radical (unpaired) electrons. The SMILES string of the molecule is CCN(CC(=O)c1ccc(Br)cc1)C1CCNCC1. The number of benzene rings is 1. The van der Waals surface area contributed by atoms with Crippen molar-refractivity contribution < 1.29 is 4.79 Å². The van der Waals surface area contributed by atoms with Gasteiger partial charge in [0, 0.05) is 16.1 Å². The number of nitrogens with zero attached hydrogens (tertiary/aromatic N) is 1. The Bertz CT molecular complexity index is 413. The van der Waals surface area contributed by atoms with Crippen LogP contribution in [0, 0.1) is 0 Å². The second-order valence-electron chi connectivity index (χ2n) is 4.97. The number of carbonyl (C=O) groups excluding carboxylic acids is 1. The van der Waals surface area contributed by atoms with Gasteiger partial charge in [-0.3, -0.25) is 9.69 Å². The van der Waals surface area contributed by atoms with Crippen LogP contribution < -0.4 is 5.32 Å². The minimum atomic E-state index is 0.216. The number of ketones is 1. The Hall–Kier alpha value is -0.710. The zero-order valence-electron chi connectivity index (χ0n) is 11.4. The molecule has 0 amide bonds. The third-order valence-corrected chi connectivity index (χ3v) is 4.27. The molecule has 0 bridgehead atoms. The number of rotatable bonds is 5. The Labute approximate surface area is 123 Å². The van der Waals surface area contributed by atoms with Crippen LogP contribution in [-0.4, -0.2) is 42.9 Å². The highest BCUT2D eigenvalue weighted by Gasteiger charge is 2.21. The summed E-state index contributed by atoms with van der Waals surface area (Å²) >= 11 is 3.39. The van der Waals surface area contributed by atoms with Crippen molar-refractivity contribution in [1.82, 2.24) is 10.2 Å². The number of hydrogen-bond acceptors (Lipinski definition) is 3. The van der Waals surface area contributed by atoms with E-state index in [-0.39, 0.29) is 5.78 Å². The average Bonchev–Trinajstić information content (AvgIpc) is 2.46. The average molecular weight is 325 g/mol. The molecular formula is C15H21BrN2O. The molecule has 104 valence electrons. The van der Waals surface area contributed by atoms with Gasteiger partial charge in [0.25, 0.3) is 0 Å². The van der Waals surface area contributed by atoms with Gasteiger partial charge in [0.15, 0.2) is 5.78 Å². The highest BCUT2D eigenvalue weighted by molar-refractivity contribution is 9.10. The second kappa shape index (κ2) is 7.17. The zero-order chi connectivity index (χ0) is 13.7. The number of nitrogens with one attached hydrogen (secondary N) is 1. The quantitative estimate of drug-likeness (QED) is 0.845. The Morgan fingerprint density at radius 2 is 1.95 bits per heavy atom. The standard InChI is InChI=1S/C15H21BrN2O/c1-2-18(14-7-9-17-10-8-14)11-15(19)12-3-5-13(16)6-4-12/h3-6,14,17H,2,7-11H2,1H3. The van der Waals surface area contributed by atoms with Crippen molar-refractivity contribution in [1.29, 1.82) is 0 Å². The topological polar surface area (TPSA) is 32.3 Å². The highest BCUT2D eigenvalue weighted by atomic mass is 79.9.